The molecular weight excluding hydrogens is 416 g/mol. The van der Waals surface area contributed by atoms with Crippen LogP contribution >= 0.6 is 0 Å². The van der Waals surface area contributed by atoms with Gasteiger partial charge in [-0.2, -0.15) is 0 Å². The zero-order chi connectivity index (χ0) is 22.6. The Hall–Kier alpha value is -4.59. The summed E-state index contributed by atoms with van der Waals surface area (Å²) in [4.78, 5) is 20.9. The molecule has 1 amide bonds. The molecule has 8 nitrogen and oxygen atoms in total. The number of amides is 1. The molecule has 0 aliphatic rings. The lowest BCUT2D eigenvalue weighted by atomic mass is 10.1. The van der Waals surface area contributed by atoms with E-state index >= 15 is 0 Å². The molecule has 0 aliphatic heterocycles. The molecule has 0 fully saturated rings. The van der Waals surface area contributed by atoms with Gasteiger partial charge in [-0.3, -0.25) is 9.36 Å². The average Bonchev–Trinajstić information content (AvgIpc) is 3.56. The molecule has 3 heterocycles. The Morgan fingerprint density at radius 2 is 1.82 bits per heavy atom. The second kappa shape index (κ2) is 8.88. The van der Waals surface area contributed by atoms with E-state index in [2.05, 4.69) is 25.5 Å². The summed E-state index contributed by atoms with van der Waals surface area (Å²) in [5.41, 5.74) is 4.18. The number of hydrogen-bond acceptors (Lipinski definition) is 6. The molecule has 8 heteroatoms. The van der Waals surface area contributed by atoms with Gasteiger partial charge in [-0.05, 0) is 55.0 Å². The van der Waals surface area contributed by atoms with Crippen LogP contribution in [0.15, 0.2) is 90.0 Å². The SMILES string of the molecule is Cc1cccc(-c2nnc(-c3ccc(C(=O)NCc4ccc(-n5ccnc5)nc4)cc3)o2)c1. The summed E-state index contributed by atoms with van der Waals surface area (Å²) in [6.07, 6.45) is 6.94. The Labute approximate surface area is 190 Å². The highest BCUT2D eigenvalue weighted by molar-refractivity contribution is 5.94. The van der Waals surface area contributed by atoms with Crippen molar-refractivity contribution in [1.29, 1.82) is 0 Å². The normalized spacial score (nSPS) is 10.8. The molecule has 5 aromatic rings. The van der Waals surface area contributed by atoms with E-state index < -0.39 is 0 Å². The van der Waals surface area contributed by atoms with E-state index in [9.17, 15) is 4.79 Å². The van der Waals surface area contributed by atoms with Gasteiger partial charge in [-0.25, -0.2) is 9.97 Å². The molecule has 2 aromatic carbocycles. The molecule has 0 saturated carbocycles. The third kappa shape index (κ3) is 4.54. The van der Waals surface area contributed by atoms with Gasteiger partial charge in [0, 0.05) is 41.8 Å². The van der Waals surface area contributed by atoms with Gasteiger partial charge in [-0.1, -0.05) is 23.8 Å². The molecule has 33 heavy (non-hydrogen) atoms. The first-order chi connectivity index (χ1) is 16.2. The fraction of sp³-hybridized carbons (Fsp3) is 0.0800. The van der Waals surface area contributed by atoms with E-state index in [-0.39, 0.29) is 5.91 Å². The fourth-order valence-electron chi connectivity index (χ4n) is 3.35. The van der Waals surface area contributed by atoms with Crippen LogP contribution in [-0.4, -0.2) is 30.6 Å². The smallest absolute Gasteiger partial charge is 0.251 e. The van der Waals surface area contributed by atoms with Crippen LogP contribution in [0.3, 0.4) is 0 Å². The van der Waals surface area contributed by atoms with Crippen molar-refractivity contribution in [2.75, 3.05) is 0 Å². The third-order valence-electron chi connectivity index (χ3n) is 5.12. The summed E-state index contributed by atoms with van der Waals surface area (Å²) in [6.45, 7) is 2.39. The maximum absolute atomic E-state index is 12.5. The van der Waals surface area contributed by atoms with E-state index in [0.29, 0.717) is 23.9 Å². The Bertz CT molecular complexity index is 1370. The number of aryl methyl sites for hydroxylation is 1. The minimum atomic E-state index is -0.175. The van der Waals surface area contributed by atoms with Crippen molar-refractivity contribution in [3.8, 4) is 28.7 Å². The Morgan fingerprint density at radius 3 is 2.52 bits per heavy atom. The summed E-state index contributed by atoms with van der Waals surface area (Å²) in [6, 6.07) is 18.8. The molecule has 162 valence electrons. The van der Waals surface area contributed by atoms with Gasteiger partial charge in [0.05, 0.1) is 0 Å². The van der Waals surface area contributed by atoms with Crippen LogP contribution in [0.1, 0.15) is 21.5 Å². The van der Waals surface area contributed by atoms with Gasteiger partial charge in [-0.15, -0.1) is 10.2 Å². The monoisotopic (exact) mass is 436 g/mol. The Kier molecular flexibility index (Phi) is 5.47. The van der Waals surface area contributed by atoms with Crippen molar-refractivity contribution in [3.05, 3.63) is 102 Å². The predicted molar refractivity (Wildman–Crippen MR) is 122 cm³/mol. The van der Waals surface area contributed by atoms with Crippen LogP contribution < -0.4 is 5.32 Å². The van der Waals surface area contributed by atoms with Crippen molar-refractivity contribution in [2.45, 2.75) is 13.5 Å². The van der Waals surface area contributed by atoms with Crippen LogP contribution in [0.4, 0.5) is 0 Å². The van der Waals surface area contributed by atoms with E-state index in [1.165, 1.54) is 0 Å². The van der Waals surface area contributed by atoms with Gasteiger partial charge in [0.1, 0.15) is 12.1 Å². The number of imidazole rings is 1. The molecule has 0 bridgehead atoms. The number of pyridine rings is 1. The number of nitrogens with zero attached hydrogens (tertiary/aromatic N) is 5. The second-order valence-electron chi connectivity index (χ2n) is 7.54. The standard InChI is InChI=1S/C25H20N6O2/c1-17-3-2-4-21(13-17)25-30-29-24(33-25)20-8-6-19(7-9-20)23(32)28-15-18-5-10-22(27-14-18)31-12-11-26-16-31/h2-14,16H,15H2,1H3,(H,28,32). The number of carbonyl (C=O) groups excluding carboxylic acids is 1. The van der Waals surface area contributed by atoms with Crippen LogP contribution in [0, 0.1) is 6.92 Å². The lowest BCUT2D eigenvalue weighted by Gasteiger charge is -2.07. The third-order valence-corrected chi connectivity index (χ3v) is 5.12. The van der Waals surface area contributed by atoms with Gasteiger partial charge >= 0.3 is 0 Å². The molecule has 0 saturated heterocycles. The number of carbonyl (C=O) groups is 1. The number of rotatable bonds is 6. The molecule has 0 atom stereocenters. The van der Waals surface area contributed by atoms with Crippen LogP contribution in [0.2, 0.25) is 0 Å². The predicted octanol–water partition coefficient (Wildman–Crippen LogP) is 4.22. The van der Waals surface area contributed by atoms with Crippen molar-refractivity contribution in [3.63, 3.8) is 0 Å². The molecule has 0 spiro atoms. The van der Waals surface area contributed by atoms with Crippen LogP contribution in [0.5, 0.6) is 0 Å². The zero-order valence-corrected chi connectivity index (χ0v) is 17.8. The topological polar surface area (TPSA) is 98.7 Å². The summed E-state index contributed by atoms with van der Waals surface area (Å²) < 4.78 is 7.63. The van der Waals surface area contributed by atoms with Crippen molar-refractivity contribution < 1.29 is 9.21 Å². The van der Waals surface area contributed by atoms with Gasteiger partial charge in [0.15, 0.2) is 0 Å². The summed E-state index contributed by atoms with van der Waals surface area (Å²) in [7, 11) is 0. The molecule has 1 N–H and O–H groups in total. The largest absolute Gasteiger partial charge is 0.416 e. The highest BCUT2D eigenvalue weighted by Gasteiger charge is 2.12. The Morgan fingerprint density at radius 1 is 1.00 bits per heavy atom. The Balaban J connectivity index is 1.22. The average molecular weight is 436 g/mol. The van der Waals surface area contributed by atoms with Crippen molar-refractivity contribution in [1.82, 2.24) is 30.0 Å². The van der Waals surface area contributed by atoms with Crippen LogP contribution in [0.25, 0.3) is 28.7 Å². The lowest BCUT2D eigenvalue weighted by Crippen LogP contribution is -2.22. The van der Waals surface area contributed by atoms with Gasteiger partial charge in [0.25, 0.3) is 5.91 Å². The maximum atomic E-state index is 12.5. The van der Waals surface area contributed by atoms with Gasteiger partial charge < -0.3 is 9.73 Å². The minimum absolute atomic E-state index is 0.175. The van der Waals surface area contributed by atoms with Crippen molar-refractivity contribution >= 4 is 5.91 Å². The van der Waals surface area contributed by atoms with Crippen molar-refractivity contribution in [2.24, 2.45) is 0 Å². The number of nitrogens with one attached hydrogen (secondary N) is 1. The van der Waals surface area contributed by atoms with Gasteiger partial charge in [0.2, 0.25) is 11.8 Å². The van der Waals surface area contributed by atoms with E-state index in [1.54, 1.807) is 43.0 Å². The maximum Gasteiger partial charge on any atom is 0.251 e. The first-order valence-corrected chi connectivity index (χ1v) is 10.4. The quantitative estimate of drug-likeness (QED) is 0.428. The zero-order valence-electron chi connectivity index (χ0n) is 17.8. The van der Waals surface area contributed by atoms with E-state index in [0.717, 1.165) is 28.1 Å². The number of aromatic nitrogens is 5. The summed E-state index contributed by atoms with van der Waals surface area (Å²) in [5.74, 6) is 1.46. The summed E-state index contributed by atoms with van der Waals surface area (Å²) >= 11 is 0. The van der Waals surface area contributed by atoms with E-state index in [4.69, 9.17) is 4.42 Å². The highest BCUT2D eigenvalue weighted by atomic mass is 16.4. The fourth-order valence-corrected chi connectivity index (χ4v) is 3.35. The minimum Gasteiger partial charge on any atom is -0.416 e. The number of hydrogen-bond donors (Lipinski definition) is 1. The second-order valence-corrected chi connectivity index (χ2v) is 7.54. The van der Waals surface area contributed by atoms with Crippen LogP contribution in [-0.2, 0) is 6.54 Å². The highest BCUT2D eigenvalue weighted by Crippen LogP contribution is 2.24. The lowest BCUT2D eigenvalue weighted by molar-refractivity contribution is 0.0951. The summed E-state index contributed by atoms with van der Waals surface area (Å²) in [5, 5.41) is 11.2. The molecule has 5 rings (SSSR count). The molecular formula is C25H20N6O2. The number of benzene rings is 2. The molecule has 3 aromatic heterocycles. The molecule has 0 radical (unpaired) electrons. The molecule has 0 aliphatic carbocycles. The molecule has 0 unspecified atom stereocenters. The first-order valence-electron chi connectivity index (χ1n) is 10.4. The first kappa shape index (κ1) is 20.3. The van der Waals surface area contributed by atoms with E-state index in [1.807, 2.05) is 54.1 Å².